The molecular formula is C14H19ClF2N6O. The lowest BCUT2D eigenvalue weighted by Crippen LogP contribution is -2.52. The van der Waals surface area contributed by atoms with Crippen LogP contribution in [0.1, 0.15) is 12.8 Å². The Bertz CT molecular complexity index is 654. The Morgan fingerprint density at radius 2 is 2.12 bits per heavy atom. The monoisotopic (exact) mass is 360 g/mol. The number of aromatic nitrogens is 4. The number of hydrogen-bond donors (Lipinski definition) is 2. The maximum absolute atomic E-state index is 12.8. The summed E-state index contributed by atoms with van der Waals surface area (Å²) >= 11 is 0. The number of alkyl halides is 2. The van der Waals surface area contributed by atoms with Crippen LogP contribution >= 0.6 is 12.4 Å². The molecule has 2 aromatic rings. The molecule has 132 valence electrons. The molecule has 0 radical (unpaired) electrons. The topological polar surface area (TPSA) is 76.8 Å². The summed E-state index contributed by atoms with van der Waals surface area (Å²) in [6.45, 7) is 0.907. The van der Waals surface area contributed by atoms with E-state index in [2.05, 4.69) is 20.8 Å². The van der Waals surface area contributed by atoms with E-state index in [0.717, 1.165) is 4.68 Å². The van der Waals surface area contributed by atoms with Crippen molar-refractivity contribution in [3.8, 4) is 0 Å². The molecule has 10 heteroatoms. The molecule has 0 atom stereocenters. The first-order valence-electron chi connectivity index (χ1n) is 7.44. The molecule has 0 spiro atoms. The third kappa shape index (κ3) is 3.73. The molecule has 3 heterocycles. The lowest BCUT2D eigenvalue weighted by Gasteiger charge is -2.36. The minimum absolute atomic E-state index is 0. The van der Waals surface area contributed by atoms with Gasteiger partial charge < -0.3 is 10.6 Å². The first-order chi connectivity index (χ1) is 11.1. The summed E-state index contributed by atoms with van der Waals surface area (Å²) in [6, 6.07) is 3.28. The molecule has 0 saturated carbocycles. The van der Waals surface area contributed by atoms with Crippen molar-refractivity contribution >= 4 is 24.1 Å². The maximum Gasteiger partial charge on any atom is 0.257 e. The van der Waals surface area contributed by atoms with Gasteiger partial charge in [-0.15, -0.1) is 12.4 Å². The van der Waals surface area contributed by atoms with E-state index < -0.39 is 18.5 Å². The van der Waals surface area contributed by atoms with Gasteiger partial charge in [0.05, 0.1) is 0 Å². The van der Waals surface area contributed by atoms with Crippen molar-refractivity contribution in [3.05, 3.63) is 30.7 Å². The molecule has 7 nitrogen and oxygen atoms in total. The van der Waals surface area contributed by atoms with Gasteiger partial charge in [0, 0.05) is 24.7 Å². The van der Waals surface area contributed by atoms with Crippen LogP contribution in [-0.2, 0) is 16.9 Å². The summed E-state index contributed by atoms with van der Waals surface area (Å²) in [4.78, 5) is 12.8. The van der Waals surface area contributed by atoms with Gasteiger partial charge >= 0.3 is 0 Å². The van der Waals surface area contributed by atoms with E-state index in [4.69, 9.17) is 0 Å². The van der Waals surface area contributed by atoms with Crippen molar-refractivity contribution in [2.75, 3.05) is 18.4 Å². The van der Waals surface area contributed by atoms with E-state index in [-0.39, 0.29) is 24.1 Å². The Balaban J connectivity index is 0.00000208. The molecular weight excluding hydrogens is 342 g/mol. The summed E-state index contributed by atoms with van der Waals surface area (Å²) < 4.78 is 27.5. The zero-order valence-corrected chi connectivity index (χ0v) is 13.7. The van der Waals surface area contributed by atoms with Crippen LogP contribution in [0.15, 0.2) is 30.7 Å². The third-order valence-corrected chi connectivity index (χ3v) is 4.00. The Morgan fingerprint density at radius 3 is 2.75 bits per heavy atom. The van der Waals surface area contributed by atoms with Gasteiger partial charge in [0.1, 0.15) is 12.1 Å². The standard InChI is InChI=1S/C14H18F2N6O.ClH/c15-11(16)10-21-9-2-12(20-21)19-13(23)14(3-6-17-7-4-14)22-8-1-5-18-22;/h1-2,5,8-9,11,17H,3-4,6-7,10H2,(H,19,20,23);1H. The molecule has 0 bridgehead atoms. The highest BCUT2D eigenvalue weighted by atomic mass is 35.5. The van der Waals surface area contributed by atoms with Crippen LogP contribution in [-0.4, -0.2) is 45.0 Å². The van der Waals surface area contributed by atoms with Crippen LogP contribution in [0.2, 0.25) is 0 Å². The molecule has 0 aliphatic carbocycles. The fourth-order valence-electron chi connectivity index (χ4n) is 2.83. The van der Waals surface area contributed by atoms with Gasteiger partial charge in [0.15, 0.2) is 5.82 Å². The van der Waals surface area contributed by atoms with Crippen molar-refractivity contribution in [2.24, 2.45) is 0 Å². The molecule has 24 heavy (non-hydrogen) atoms. The highest BCUT2D eigenvalue weighted by Crippen LogP contribution is 2.28. The van der Waals surface area contributed by atoms with Gasteiger partial charge in [-0.2, -0.15) is 10.2 Å². The molecule has 1 aliphatic rings. The predicted octanol–water partition coefficient (Wildman–Crippen LogP) is 1.48. The normalized spacial score (nSPS) is 16.6. The Kier molecular flexibility index (Phi) is 5.89. The number of carbonyl (C=O) groups is 1. The zero-order valence-electron chi connectivity index (χ0n) is 12.9. The van der Waals surface area contributed by atoms with Gasteiger partial charge in [-0.1, -0.05) is 0 Å². The molecule has 1 amide bonds. The number of nitrogens with zero attached hydrogens (tertiary/aromatic N) is 4. The highest BCUT2D eigenvalue weighted by Gasteiger charge is 2.42. The average molecular weight is 361 g/mol. The predicted molar refractivity (Wildman–Crippen MR) is 86.4 cm³/mol. The minimum Gasteiger partial charge on any atom is -0.317 e. The van der Waals surface area contributed by atoms with Crippen LogP contribution in [0.25, 0.3) is 0 Å². The summed E-state index contributed by atoms with van der Waals surface area (Å²) in [5, 5.41) is 14.1. The van der Waals surface area contributed by atoms with Crippen molar-refractivity contribution in [2.45, 2.75) is 31.4 Å². The number of nitrogens with one attached hydrogen (secondary N) is 2. The second-order valence-corrected chi connectivity index (χ2v) is 5.50. The van der Waals surface area contributed by atoms with Crippen LogP contribution in [0.4, 0.5) is 14.6 Å². The van der Waals surface area contributed by atoms with E-state index in [0.29, 0.717) is 25.9 Å². The SMILES string of the molecule is Cl.O=C(Nc1ccn(CC(F)F)n1)C1(n2cccn2)CCNCC1. The van der Waals surface area contributed by atoms with Crippen LogP contribution in [0.3, 0.4) is 0 Å². The summed E-state index contributed by atoms with van der Waals surface area (Å²) in [7, 11) is 0. The molecule has 1 saturated heterocycles. The number of piperidine rings is 1. The summed E-state index contributed by atoms with van der Waals surface area (Å²) in [5.41, 5.74) is -0.790. The first-order valence-corrected chi connectivity index (χ1v) is 7.44. The number of rotatable bonds is 5. The lowest BCUT2D eigenvalue weighted by atomic mass is 9.87. The van der Waals surface area contributed by atoms with Crippen molar-refractivity contribution in [1.29, 1.82) is 0 Å². The van der Waals surface area contributed by atoms with E-state index >= 15 is 0 Å². The van der Waals surface area contributed by atoms with Gasteiger partial charge in [-0.05, 0) is 32.0 Å². The summed E-state index contributed by atoms with van der Waals surface area (Å²) in [6.07, 6.45) is 3.52. The fraction of sp³-hybridized carbons (Fsp3) is 0.500. The highest BCUT2D eigenvalue weighted by molar-refractivity contribution is 5.96. The molecule has 0 unspecified atom stereocenters. The van der Waals surface area contributed by atoms with Crippen molar-refractivity contribution in [1.82, 2.24) is 24.9 Å². The minimum atomic E-state index is -2.49. The molecule has 2 aromatic heterocycles. The largest absolute Gasteiger partial charge is 0.317 e. The zero-order chi connectivity index (χ0) is 16.3. The second-order valence-electron chi connectivity index (χ2n) is 5.50. The first kappa shape index (κ1) is 18.3. The molecule has 1 fully saturated rings. The number of carbonyl (C=O) groups excluding carboxylic acids is 1. The second kappa shape index (κ2) is 7.71. The van der Waals surface area contributed by atoms with E-state index in [1.165, 1.54) is 12.3 Å². The fourth-order valence-corrected chi connectivity index (χ4v) is 2.83. The quantitative estimate of drug-likeness (QED) is 0.847. The number of halogens is 3. The van der Waals surface area contributed by atoms with Crippen molar-refractivity contribution in [3.63, 3.8) is 0 Å². The van der Waals surface area contributed by atoms with Crippen LogP contribution in [0.5, 0.6) is 0 Å². The Morgan fingerprint density at radius 1 is 1.38 bits per heavy atom. The lowest BCUT2D eigenvalue weighted by molar-refractivity contribution is -0.126. The molecule has 2 N–H and O–H groups in total. The van der Waals surface area contributed by atoms with Gasteiger partial charge in [-0.3, -0.25) is 14.2 Å². The van der Waals surface area contributed by atoms with Gasteiger partial charge in [0.2, 0.25) is 0 Å². The number of amides is 1. The smallest absolute Gasteiger partial charge is 0.257 e. The third-order valence-electron chi connectivity index (χ3n) is 4.00. The van der Waals surface area contributed by atoms with Crippen molar-refractivity contribution < 1.29 is 13.6 Å². The van der Waals surface area contributed by atoms with Crippen LogP contribution < -0.4 is 10.6 Å². The van der Waals surface area contributed by atoms with E-state index in [9.17, 15) is 13.6 Å². The molecule has 3 rings (SSSR count). The van der Waals surface area contributed by atoms with Gasteiger partial charge in [0.25, 0.3) is 12.3 Å². The summed E-state index contributed by atoms with van der Waals surface area (Å²) in [5.74, 6) is 0.0331. The van der Waals surface area contributed by atoms with E-state index in [1.807, 2.05) is 0 Å². The number of hydrogen-bond acceptors (Lipinski definition) is 4. The number of anilines is 1. The van der Waals surface area contributed by atoms with Crippen LogP contribution in [0, 0.1) is 0 Å². The maximum atomic E-state index is 12.8. The Labute approximate surface area is 143 Å². The molecule has 1 aliphatic heterocycles. The Hall–Kier alpha value is -2.00. The van der Waals surface area contributed by atoms with E-state index in [1.54, 1.807) is 23.1 Å². The molecule has 0 aromatic carbocycles. The van der Waals surface area contributed by atoms with Gasteiger partial charge in [-0.25, -0.2) is 8.78 Å². The average Bonchev–Trinajstić information content (AvgIpc) is 3.19.